The largest absolute Gasteiger partial charge is 0.573 e. The number of nitrogens with two attached hydrogens (primary N) is 1. The van der Waals surface area contributed by atoms with E-state index in [0.717, 1.165) is 18.2 Å². The van der Waals surface area contributed by atoms with Crippen molar-refractivity contribution in [1.29, 1.82) is 0 Å². The monoisotopic (exact) mass is 521 g/mol. The SMILES string of the molecule is Cc1cc2c(C(N)=O)nn(CC(=O)N3[CH2][Al][CH2][C@H]3C(=O)Nc3cccc(OC(F)(F)F)c3F)c2cn1. The molecule has 1 atom stereocenters. The third kappa shape index (κ3) is 5.26. The highest BCUT2D eigenvalue weighted by molar-refractivity contribution is 6.39. The van der Waals surface area contributed by atoms with E-state index in [0.29, 0.717) is 27.3 Å². The van der Waals surface area contributed by atoms with Crippen molar-refractivity contribution < 1.29 is 36.7 Å². The second-order valence-corrected chi connectivity index (χ2v) is 9.37. The molecule has 0 aliphatic carbocycles. The van der Waals surface area contributed by atoms with Gasteiger partial charge in [-0.25, -0.2) is 4.39 Å². The predicted molar refractivity (Wildman–Crippen MR) is 119 cm³/mol. The zero-order valence-electron chi connectivity index (χ0n) is 18.7. The molecule has 4 rings (SSSR count). The number of primary amides is 1. The minimum Gasteiger partial charge on any atom is -0.403 e. The fourth-order valence-corrected chi connectivity index (χ4v) is 5.54. The van der Waals surface area contributed by atoms with Crippen LogP contribution in [-0.4, -0.2) is 70.4 Å². The van der Waals surface area contributed by atoms with Crippen molar-refractivity contribution >= 4 is 49.5 Å². The first kappa shape index (κ1) is 25.4. The number of carbonyl (C=O) groups excluding carboxylic acids is 3. The second kappa shape index (κ2) is 9.75. The fourth-order valence-electron chi connectivity index (χ4n) is 3.87. The number of anilines is 1. The Kier molecular flexibility index (Phi) is 6.88. The van der Waals surface area contributed by atoms with Crippen molar-refractivity contribution in [1.82, 2.24) is 19.7 Å². The van der Waals surface area contributed by atoms with E-state index < -0.39 is 47.4 Å². The minimum absolute atomic E-state index is 0.0268. The average Bonchev–Trinajstić information content (AvgIpc) is 3.41. The number of halogens is 4. The van der Waals surface area contributed by atoms with Gasteiger partial charge in [-0.15, -0.1) is 13.2 Å². The maximum Gasteiger partial charge on any atom is 0.573 e. The van der Waals surface area contributed by atoms with Gasteiger partial charge >= 0.3 is 6.36 Å². The molecule has 187 valence electrons. The van der Waals surface area contributed by atoms with Gasteiger partial charge in [0.05, 0.1) is 23.4 Å². The number of benzene rings is 1. The molecule has 3 aromatic rings. The standard InChI is InChI=1S/C21H18F4N6O4.Al/c1-10-7-12-14(8-27-10)31(29-18(12)19(26)33)9-16(32)30(3)11(2)20(34)28-13-5-4-6-15(17(13)22)35-21(23,24)25;/h4-8,11H,2-3,9H2,1H3,(H2,26,33)(H,28,34);/t11-;/m0./s1. The lowest BCUT2D eigenvalue weighted by molar-refractivity contribution is -0.275. The number of nitrogens with zero attached hydrogens (tertiary/aromatic N) is 4. The third-order valence-electron chi connectivity index (χ3n) is 5.45. The van der Waals surface area contributed by atoms with E-state index in [1.807, 2.05) is 0 Å². The second-order valence-electron chi connectivity index (χ2n) is 7.95. The van der Waals surface area contributed by atoms with Crippen LogP contribution in [0.25, 0.3) is 10.9 Å². The first-order valence-electron chi connectivity index (χ1n) is 10.5. The summed E-state index contributed by atoms with van der Waals surface area (Å²) in [5, 5.41) is 7.45. The Morgan fingerprint density at radius 3 is 2.75 bits per heavy atom. The normalized spacial score (nSPS) is 15.6. The number of amides is 3. The summed E-state index contributed by atoms with van der Waals surface area (Å²) < 4.78 is 56.8. The number of pyridine rings is 1. The molecule has 0 bridgehead atoms. The van der Waals surface area contributed by atoms with Crippen molar-refractivity contribution in [2.75, 3.05) is 10.7 Å². The number of ether oxygens (including phenoxy) is 1. The van der Waals surface area contributed by atoms with Gasteiger partial charge in [-0.2, -0.15) is 5.10 Å². The van der Waals surface area contributed by atoms with Gasteiger partial charge in [-0.05, 0) is 30.5 Å². The maximum atomic E-state index is 14.5. The summed E-state index contributed by atoms with van der Waals surface area (Å²) >= 11 is -0.322. The first-order valence-corrected chi connectivity index (χ1v) is 12.2. The Labute approximate surface area is 207 Å². The van der Waals surface area contributed by atoms with Crippen LogP contribution in [0, 0.1) is 12.7 Å². The maximum absolute atomic E-state index is 14.5. The van der Waals surface area contributed by atoms with Crippen molar-refractivity contribution in [2.45, 2.75) is 31.2 Å². The van der Waals surface area contributed by atoms with Crippen LogP contribution >= 0.6 is 0 Å². The highest BCUT2D eigenvalue weighted by atomic mass is 27.1. The quantitative estimate of drug-likeness (QED) is 0.376. The summed E-state index contributed by atoms with van der Waals surface area (Å²) in [6, 6.07) is 3.61. The molecule has 0 unspecified atom stereocenters. The van der Waals surface area contributed by atoms with Crippen LogP contribution in [-0.2, 0) is 16.1 Å². The number of rotatable bonds is 6. The molecule has 3 amide bonds. The predicted octanol–water partition coefficient (Wildman–Crippen LogP) is 1.81. The summed E-state index contributed by atoms with van der Waals surface area (Å²) in [4.78, 5) is 43.2. The molecule has 2 aromatic heterocycles. The van der Waals surface area contributed by atoms with Gasteiger partial charge in [0.25, 0.3) is 5.91 Å². The zero-order valence-corrected chi connectivity index (χ0v) is 19.8. The molecule has 0 saturated carbocycles. The molecular weight excluding hydrogens is 503 g/mol. The van der Waals surface area contributed by atoms with Crippen molar-refractivity contribution in [2.24, 2.45) is 5.73 Å². The Balaban J connectivity index is 1.52. The molecule has 3 N–H and O–H groups in total. The van der Waals surface area contributed by atoms with Gasteiger partial charge in [0, 0.05) is 11.1 Å². The first-order chi connectivity index (χ1) is 16.9. The van der Waals surface area contributed by atoms with Crippen LogP contribution in [0.4, 0.5) is 23.2 Å². The van der Waals surface area contributed by atoms with Gasteiger partial charge in [0.1, 0.15) is 6.54 Å². The highest BCUT2D eigenvalue weighted by Gasteiger charge is 2.36. The van der Waals surface area contributed by atoms with Gasteiger partial charge in [-0.1, -0.05) is 11.3 Å². The Bertz CT molecular complexity index is 1360. The summed E-state index contributed by atoms with van der Waals surface area (Å²) in [6.45, 7) is 1.40. The van der Waals surface area contributed by atoms with Gasteiger partial charge < -0.3 is 20.7 Å². The van der Waals surface area contributed by atoms with Gasteiger partial charge in [0.2, 0.25) is 27.0 Å². The fraction of sp³-hybridized carbons (Fsp3) is 0.286. The van der Waals surface area contributed by atoms with E-state index in [9.17, 15) is 31.9 Å². The molecule has 1 aliphatic rings. The summed E-state index contributed by atoms with van der Waals surface area (Å²) in [6.07, 6.45) is -3.66. The number of hydrogen-bond acceptors (Lipinski definition) is 6. The van der Waals surface area contributed by atoms with Crippen LogP contribution in [0.3, 0.4) is 0 Å². The molecule has 15 heteroatoms. The van der Waals surface area contributed by atoms with E-state index in [2.05, 4.69) is 20.1 Å². The number of hydrogen-bond donors (Lipinski definition) is 2. The van der Waals surface area contributed by atoms with Crippen molar-refractivity contribution in [3.8, 4) is 5.75 Å². The molecular formula is C21H18AlF4N6O4. The topological polar surface area (TPSA) is 132 Å². The number of carbonyl (C=O) groups is 3. The van der Waals surface area contributed by atoms with E-state index in [-0.39, 0.29) is 27.5 Å². The lowest BCUT2D eigenvalue weighted by Crippen LogP contribution is -2.44. The number of fused-ring (bicyclic) bond motifs is 1. The van der Waals surface area contributed by atoms with Gasteiger partial charge in [-0.3, -0.25) is 24.0 Å². The minimum atomic E-state index is -5.11. The smallest absolute Gasteiger partial charge is 0.403 e. The molecule has 1 radical (unpaired) electrons. The number of alkyl halides is 3. The molecule has 1 aromatic carbocycles. The molecule has 1 fully saturated rings. The summed E-state index contributed by atoms with van der Waals surface area (Å²) in [5.41, 5.74) is 5.89. The lowest BCUT2D eigenvalue weighted by atomic mass is 10.2. The van der Waals surface area contributed by atoms with Crippen LogP contribution in [0.2, 0.25) is 5.28 Å². The summed E-state index contributed by atoms with van der Waals surface area (Å²) in [5.74, 6) is -4.51. The van der Waals surface area contributed by atoms with Crippen LogP contribution in [0.1, 0.15) is 16.2 Å². The Morgan fingerprint density at radius 2 is 2.06 bits per heavy atom. The van der Waals surface area contributed by atoms with E-state index in [4.69, 9.17) is 5.73 Å². The van der Waals surface area contributed by atoms with Crippen LogP contribution in [0.5, 0.6) is 5.75 Å². The molecule has 1 saturated heterocycles. The zero-order chi connectivity index (χ0) is 26.2. The van der Waals surface area contributed by atoms with Crippen LogP contribution < -0.4 is 15.8 Å². The number of aromatic nitrogens is 3. The van der Waals surface area contributed by atoms with Crippen LogP contribution in [0.15, 0.2) is 30.5 Å². The molecule has 1 aliphatic heterocycles. The molecule has 0 spiro atoms. The third-order valence-corrected chi connectivity index (χ3v) is 6.89. The molecule has 10 nitrogen and oxygen atoms in total. The van der Waals surface area contributed by atoms with Crippen molar-refractivity contribution in [3.63, 3.8) is 0 Å². The average molecular weight is 521 g/mol. The number of aryl methyl sites for hydroxylation is 1. The number of nitrogens with one attached hydrogen (secondary N) is 1. The molecule has 36 heavy (non-hydrogen) atoms. The highest BCUT2D eigenvalue weighted by Crippen LogP contribution is 2.30. The van der Waals surface area contributed by atoms with Gasteiger partial charge in [0.15, 0.2) is 17.3 Å². The summed E-state index contributed by atoms with van der Waals surface area (Å²) in [7, 11) is 0. The van der Waals surface area contributed by atoms with E-state index in [1.165, 1.54) is 15.8 Å². The lowest BCUT2D eigenvalue weighted by Gasteiger charge is -2.25. The Hall–Kier alpha value is -3.70. The van der Waals surface area contributed by atoms with Crippen molar-refractivity contribution in [3.05, 3.63) is 47.7 Å². The van der Waals surface area contributed by atoms with E-state index in [1.54, 1.807) is 13.0 Å². The molecule has 3 heterocycles. The Morgan fingerprint density at radius 1 is 1.31 bits per heavy atom. The van der Waals surface area contributed by atoms with E-state index >= 15 is 0 Å².